The summed E-state index contributed by atoms with van der Waals surface area (Å²) in [6.07, 6.45) is 0.825. The van der Waals surface area contributed by atoms with Crippen molar-refractivity contribution in [1.29, 1.82) is 0 Å². The highest BCUT2D eigenvalue weighted by Gasteiger charge is 2.10. The molecule has 20 heavy (non-hydrogen) atoms. The van der Waals surface area contributed by atoms with Gasteiger partial charge < -0.3 is 10.8 Å². The van der Waals surface area contributed by atoms with Crippen molar-refractivity contribution in [3.63, 3.8) is 0 Å². The van der Waals surface area contributed by atoms with Gasteiger partial charge in [-0.05, 0) is 30.0 Å². The smallest absolute Gasteiger partial charge is 0.305 e. The largest absolute Gasteiger partial charge is 0.481 e. The van der Waals surface area contributed by atoms with Crippen LogP contribution in [-0.4, -0.2) is 11.1 Å². The summed E-state index contributed by atoms with van der Waals surface area (Å²) in [5.41, 5.74) is 10.4. The normalized spacial score (nSPS) is 12.1. The van der Waals surface area contributed by atoms with Crippen molar-refractivity contribution >= 4 is 5.97 Å². The lowest BCUT2D eigenvalue weighted by Gasteiger charge is -2.10. The molecule has 0 spiro atoms. The molecule has 0 radical (unpaired) electrons. The quantitative estimate of drug-likeness (QED) is 0.876. The number of aliphatic carboxylic acids is 1. The van der Waals surface area contributed by atoms with E-state index in [0.717, 1.165) is 12.0 Å². The number of benzene rings is 2. The van der Waals surface area contributed by atoms with Crippen LogP contribution in [0.25, 0.3) is 0 Å². The second kappa shape index (κ2) is 6.35. The SMILES string of the molecule is Cc1ccc(Cc2ccc(C(N)CC(=O)O)cc2)cc1. The van der Waals surface area contributed by atoms with Gasteiger partial charge in [-0.25, -0.2) is 0 Å². The average molecular weight is 269 g/mol. The van der Waals surface area contributed by atoms with Crippen molar-refractivity contribution in [2.45, 2.75) is 25.8 Å². The van der Waals surface area contributed by atoms with Crippen molar-refractivity contribution < 1.29 is 9.90 Å². The summed E-state index contributed by atoms with van der Waals surface area (Å²) in [6.45, 7) is 2.07. The van der Waals surface area contributed by atoms with Crippen molar-refractivity contribution in [3.8, 4) is 0 Å². The zero-order valence-electron chi connectivity index (χ0n) is 11.5. The van der Waals surface area contributed by atoms with Crippen molar-refractivity contribution in [2.75, 3.05) is 0 Å². The Kier molecular flexibility index (Phi) is 4.53. The molecule has 0 aromatic heterocycles. The van der Waals surface area contributed by atoms with Gasteiger partial charge in [-0.15, -0.1) is 0 Å². The Morgan fingerprint density at radius 1 is 1.05 bits per heavy atom. The summed E-state index contributed by atoms with van der Waals surface area (Å²) >= 11 is 0. The first-order valence-electron chi connectivity index (χ1n) is 6.66. The summed E-state index contributed by atoms with van der Waals surface area (Å²) in [7, 11) is 0. The Hall–Kier alpha value is -2.13. The zero-order chi connectivity index (χ0) is 14.5. The molecule has 3 nitrogen and oxygen atoms in total. The van der Waals surface area contributed by atoms with Gasteiger partial charge >= 0.3 is 5.97 Å². The molecular weight excluding hydrogens is 250 g/mol. The van der Waals surface area contributed by atoms with Gasteiger partial charge in [0, 0.05) is 6.04 Å². The van der Waals surface area contributed by atoms with E-state index in [1.807, 2.05) is 24.3 Å². The lowest BCUT2D eigenvalue weighted by Crippen LogP contribution is -2.14. The van der Waals surface area contributed by atoms with E-state index in [1.54, 1.807) is 0 Å². The number of hydrogen-bond donors (Lipinski definition) is 2. The highest BCUT2D eigenvalue weighted by Crippen LogP contribution is 2.17. The van der Waals surface area contributed by atoms with Crippen LogP contribution in [-0.2, 0) is 11.2 Å². The minimum Gasteiger partial charge on any atom is -0.481 e. The fraction of sp³-hybridized carbons (Fsp3) is 0.235. The molecule has 2 rings (SSSR count). The number of carboxylic acids is 1. The topological polar surface area (TPSA) is 63.3 Å². The van der Waals surface area contributed by atoms with Crippen LogP contribution in [0, 0.1) is 6.92 Å². The maximum Gasteiger partial charge on any atom is 0.305 e. The Morgan fingerprint density at radius 3 is 2.05 bits per heavy atom. The first kappa shape index (κ1) is 14.3. The Balaban J connectivity index is 2.04. The second-order valence-electron chi connectivity index (χ2n) is 5.11. The van der Waals surface area contributed by atoms with E-state index in [-0.39, 0.29) is 6.42 Å². The highest BCUT2D eigenvalue weighted by molar-refractivity contribution is 5.67. The predicted molar refractivity (Wildman–Crippen MR) is 79.6 cm³/mol. The molecule has 0 aliphatic rings. The molecule has 0 amide bonds. The third-order valence-corrected chi connectivity index (χ3v) is 3.33. The van der Waals surface area contributed by atoms with Crippen LogP contribution in [0.5, 0.6) is 0 Å². The van der Waals surface area contributed by atoms with Gasteiger partial charge in [-0.3, -0.25) is 4.79 Å². The molecule has 0 aliphatic carbocycles. The predicted octanol–water partition coefficient (Wildman–Crippen LogP) is 3.06. The fourth-order valence-corrected chi connectivity index (χ4v) is 2.13. The average Bonchev–Trinajstić information content (AvgIpc) is 2.41. The molecule has 0 aliphatic heterocycles. The van der Waals surface area contributed by atoms with Gasteiger partial charge in [-0.2, -0.15) is 0 Å². The van der Waals surface area contributed by atoms with Crippen molar-refractivity contribution in [3.05, 3.63) is 70.8 Å². The number of aryl methyl sites for hydroxylation is 1. The van der Waals surface area contributed by atoms with Gasteiger partial charge in [-0.1, -0.05) is 54.1 Å². The maximum atomic E-state index is 10.6. The molecule has 2 aromatic carbocycles. The number of nitrogens with two attached hydrogens (primary N) is 1. The van der Waals surface area contributed by atoms with Gasteiger partial charge in [0.2, 0.25) is 0 Å². The molecule has 0 fully saturated rings. The minimum atomic E-state index is -0.874. The molecule has 0 saturated heterocycles. The Morgan fingerprint density at radius 2 is 1.55 bits per heavy atom. The van der Waals surface area contributed by atoms with Crippen LogP contribution < -0.4 is 5.73 Å². The molecule has 0 heterocycles. The molecule has 2 aromatic rings. The van der Waals surface area contributed by atoms with Crippen LogP contribution in [0.15, 0.2) is 48.5 Å². The van der Waals surface area contributed by atoms with E-state index in [1.165, 1.54) is 16.7 Å². The van der Waals surface area contributed by atoms with E-state index < -0.39 is 12.0 Å². The second-order valence-corrected chi connectivity index (χ2v) is 5.11. The van der Waals surface area contributed by atoms with Crippen LogP contribution >= 0.6 is 0 Å². The van der Waals surface area contributed by atoms with E-state index >= 15 is 0 Å². The molecule has 104 valence electrons. The molecular formula is C17H19NO2. The summed E-state index contributed by atoms with van der Waals surface area (Å²) in [4.78, 5) is 10.6. The summed E-state index contributed by atoms with van der Waals surface area (Å²) in [6, 6.07) is 15.9. The molecule has 1 unspecified atom stereocenters. The van der Waals surface area contributed by atoms with Gasteiger partial charge in [0.15, 0.2) is 0 Å². The first-order valence-corrected chi connectivity index (χ1v) is 6.66. The molecule has 0 bridgehead atoms. The Bertz CT molecular complexity index is 573. The van der Waals surface area contributed by atoms with Crippen LogP contribution in [0.3, 0.4) is 0 Å². The summed E-state index contributed by atoms with van der Waals surface area (Å²) in [5, 5.41) is 8.74. The maximum absolute atomic E-state index is 10.6. The monoisotopic (exact) mass is 269 g/mol. The third kappa shape index (κ3) is 3.93. The van der Waals surface area contributed by atoms with Crippen LogP contribution in [0.4, 0.5) is 0 Å². The van der Waals surface area contributed by atoms with Gasteiger partial charge in [0.05, 0.1) is 6.42 Å². The first-order chi connectivity index (χ1) is 9.54. The van der Waals surface area contributed by atoms with E-state index in [2.05, 4.69) is 31.2 Å². The number of rotatable bonds is 5. The van der Waals surface area contributed by atoms with Crippen molar-refractivity contribution in [1.82, 2.24) is 0 Å². The number of carbonyl (C=O) groups is 1. The van der Waals surface area contributed by atoms with Gasteiger partial charge in [0.25, 0.3) is 0 Å². The lowest BCUT2D eigenvalue weighted by atomic mass is 9.99. The van der Waals surface area contributed by atoms with Crippen LogP contribution in [0.1, 0.15) is 34.7 Å². The molecule has 3 N–H and O–H groups in total. The highest BCUT2D eigenvalue weighted by atomic mass is 16.4. The summed E-state index contributed by atoms with van der Waals surface area (Å²) in [5.74, 6) is -0.874. The van der Waals surface area contributed by atoms with E-state index in [4.69, 9.17) is 10.8 Å². The molecule has 0 saturated carbocycles. The Labute approximate surface area is 119 Å². The van der Waals surface area contributed by atoms with Crippen LogP contribution in [0.2, 0.25) is 0 Å². The van der Waals surface area contributed by atoms with Gasteiger partial charge in [0.1, 0.15) is 0 Å². The zero-order valence-corrected chi connectivity index (χ0v) is 11.5. The molecule has 3 heteroatoms. The van der Waals surface area contributed by atoms with Crippen molar-refractivity contribution in [2.24, 2.45) is 5.73 Å². The molecule has 1 atom stereocenters. The minimum absolute atomic E-state index is 0.0443. The third-order valence-electron chi connectivity index (χ3n) is 3.33. The number of carboxylic acid groups (broad SMARTS) is 1. The number of hydrogen-bond acceptors (Lipinski definition) is 2. The standard InChI is InChI=1S/C17H19NO2/c1-12-2-4-13(5-3-12)10-14-6-8-15(9-7-14)16(18)11-17(19)20/h2-9,16H,10-11,18H2,1H3,(H,19,20). The van der Waals surface area contributed by atoms with E-state index in [0.29, 0.717) is 0 Å². The lowest BCUT2D eigenvalue weighted by molar-refractivity contribution is -0.137. The fourth-order valence-electron chi connectivity index (χ4n) is 2.13. The van der Waals surface area contributed by atoms with E-state index in [9.17, 15) is 4.79 Å². The summed E-state index contributed by atoms with van der Waals surface area (Å²) < 4.78 is 0.